The quantitative estimate of drug-likeness (QED) is 0.0776. The molecule has 42 heavy (non-hydrogen) atoms. The van der Waals surface area contributed by atoms with Crippen LogP contribution in [0.15, 0.2) is 36.1 Å². The van der Waals surface area contributed by atoms with Crippen LogP contribution in [-0.2, 0) is 27.2 Å². The third-order valence-electron chi connectivity index (χ3n) is 6.38. The number of carbonyl (C=O) groups is 3. The zero-order valence-electron chi connectivity index (χ0n) is 27.1. The molecular formula is C35H48O7. The minimum atomic E-state index is -0.741. The number of benzene rings is 2. The fourth-order valence-corrected chi connectivity index (χ4v) is 4.00. The van der Waals surface area contributed by atoms with Gasteiger partial charge in [-0.25, -0.2) is 0 Å². The molecule has 0 unspecified atom stereocenters. The highest BCUT2D eigenvalue weighted by Crippen LogP contribution is 2.40. The number of aryl methyl sites for hydroxylation is 2. The SMILES string of the molecule is CCCOc1c(CCC)cc(CCC)c(OC(=O)C(C)(C)C)c1C=C(OC)C(=O)c1ccc(OC(=O)C(C)(C)C)cc1. The fourth-order valence-electron chi connectivity index (χ4n) is 4.00. The van der Waals surface area contributed by atoms with Crippen LogP contribution in [0.3, 0.4) is 0 Å². The lowest BCUT2D eigenvalue weighted by molar-refractivity contribution is -0.143. The number of hydrogen-bond acceptors (Lipinski definition) is 7. The molecule has 2 aromatic carbocycles. The molecule has 7 nitrogen and oxygen atoms in total. The molecule has 0 amide bonds. The van der Waals surface area contributed by atoms with Gasteiger partial charge < -0.3 is 18.9 Å². The van der Waals surface area contributed by atoms with Crippen LogP contribution in [-0.4, -0.2) is 31.4 Å². The van der Waals surface area contributed by atoms with E-state index in [4.69, 9.17) is 18.9 Å². The van der Waals surface area contributed by atoms with Gasteiger partial charge in [0, 0.05) is 5.56 Å². The lowest BCUT2D eigenvalue weighted by atomic mass is 9.94. The van der Waals surface area contributed by atoms with Gasteiger partial charge in [-0.15, -0.1) is 0 Å². The normalized spacial score (nSPS) is 12.1. The lowest BCUT2D eigenvalue weighted by Gasteiger charge is -2.23. The van der Waals surface area contributed by atoms with Crippen molar-refractivity contribution in [3.8, 4) is 17.2 Å². The van der Waals surface area contributed by atoms with E-state index in [2.05, 4.69) is 19.9 Å². The second kappa shape index (κ2) is 15.0. The summed E-state index contributed by atoms with van der Waals surface area (Å²) >= 11 is 0. The molecule has 0 fully saturated rings. The zero-order chi connectivity index (χ0) is 31.7. The Morgan fingerprint density at radius 2 is 1.26 bits per heavy atom. The standard InChI is InChI=1S/C35H48O7/c1-11-14-24-21-25(15-12-2)31(42-33(38)35(7,8)9)27(30(24)40-20-13-3)22-28(39-10)29(36)23-16-18-26(19-17-23)41-32(37)34(4,5)6/h16-19,21-22H,11-15,20H2,1-10H3. The van der Waals surface area contributed by atoms with E-state index in [-0.39, 0.29) is 23.5 Å². The predicted octanol–water partition coefficient (Wildman–Crippen LogP) is 8.15. The van der Waals surface area contributed by atoms with E-state index in [0.717, 1.165) is 36.8 Å². The summed E-state index contributed by atoms with van der Waals surface area (Å²) in [5, 5.41) is 0. The molecule has 0 aliphatic carbocycles. The van der Waals surface area contributed by atoms with Crippen LogP contribution in [0.1, 0.15) is 109 Å². The number of hydrogen-bond donors (Lipinski definition) is 0. The molecule has 0 radical (unpaired) electrons. The van der Waals surface area contributed by atoms with Crippen molar-refractivity contribution in [3.05, 3.63) is 58.3 Å². The highest BCUT2D eigenvalue weighted by atomic mass is 16.5. The number of esters is 2. The average Bonchev–Trinajstić information content (AvgIpc) is 2.92. The monoisotopic (exact) mass is 580 g/mol. The summed E-state index contributed by atoms with van der Waals surface area (Å²) in [4.78, 5) is 39.1. The summed E-state index contributed by atoms with van der Waals surface area (Å²) in [6.45, 7) is 17.4. The topological polar surface area (TPSA) is 88.1 Å². The molecule has 0 saturated carbocycles. The van der Waals surface area contributed by atoms with Crippen LogP contribution < -0.4 is 14.2 Å². The molecule has 7 heteroatoms. The first kappa shape index (κ1) is 34.6. The Labute approximate surface area is 251 Å². The fraction of sp³-hybridized carbons (Fsp3) is 0.514. The average molecular weight is 581 g/mol. The third-order valence-corrected chi connectivity index (χ3v) is 6.38. The third kappa shape index (κ3) is 9.20. The first-order valence-electron chi connectivity index (χ1n) is 14.8. The molecule has 0 aliphatic rings. The summed E-state index contributed by atoms with van der Waals surface area (Å²) in [6, 6.07) is 8.40. The Morgan fingerprint density at radius 1 is 0.738 bits per heavy atom. The Kier molecular flexibility index (Phi) is 12.4. The Bertz CT molecular complexity index is 1270. The van der Waals surface area contributed by atoms with Crippen molar-refractivity contribution in [1.82, 2.24) is 0 Å². The van der Waals surface area contributed by atoms with Crippen molar-refractivity contribution in [1.29, 1.82) is 0 Å². The molecule has 0 aliphatic heterocycles. The Hall–Kier alpha value is -3.61. The Morgan fingerprint density at radius 3 is 1.74 bits per heavy atom. The van der Waals surface area contributed by atoms with Gasteiger partial charge in [0.1, 0.15) is 17.2 Å². The van der Waals surface area contributed by atoms with Crippen LogP contribution >= 0.6 is 0 Å². The van der Waals surface area contributed by atoms with Crippen molar-refractivity contribution < 1.29 is 33.3 Å². The van der Waals surface area contributed by atoms with Crippen molar-refractivity contribution in [3.63, 3.8) is 0 Å². The van der Waals surface area contributed by atoms with E-state index >= 15 is 0 Å². The number of carbonyl (C=O) groups excluding carboxylic acids is 3. The van der Waals surface area contributed by atoms with Crippen LogP contribution in [0.25, 0.3) is 6.08 Å². The molecule has 2 rings (SSSR count). The van der Waals surface area contributed by atoms with E-state index in [1.165, 1.54) is 7.11 Å². The summed E-state index contributed by atoms with van der Waals surface area (Å²) in [5.74, 6) is 0.239. The van der Waals surface area contributed by atoms with Gasteiger partial charge in [0.25, 0.3) is 0 Å². The highest BCUT2D eigenvalue weighted by molar-refractivity contribution is 6.10. The van der Waals surface area contributed by atoms with E-state index in [1.807, 2.05) is 6.92 Å². The first-order valence-corrected chi connectivity index (χ1v) is 14.8. The van der Waals surface area contributed by atoms with Crippen LogP contribution in [0.5, 0.6) is 17.2 Å². The van der Waals surface area contributed by atoms with Gasteiger partial charge >= 0.3 is 11.9 Å². The second-order valence-electron chi connectivity index (χ2n) is 12.5. The smallest absolute Gasteiger partial charge is 0.316 e. The van der Waals surface area contributed by atoms with E-state index < -0.39 is 10.8 Å². The van der Waals surface area contributed by atoms with Crippen molar-refractivity contribution >= 4 is 23.8 Å². The molecular weight excluding hydrogens is 532 g/mol. The maximum absolute atomic E-state index is 13.7. The summed E-state index contributed by atoms with van der Waals surface area (Å²) in [7, 11) is 1.43. The first-order chi connectivity index (χ1) is 19.7. The van der Waals surface area contributed by atoms with Crippen LogP contribution in [0.2, 0.25) is 0 Å². The molecule has 0 N–H and O–H groups in total. The van der Waals surface area contributed by atoms with Gasteiger partial charge in [-0.3, -0.25) is 14.4 Å². The van der Waals surface area contributed by atoms with Crippen molar-refractivity contribution in [2.45, 2.75) is 94.4 Å². The molecule has 0 aromatic heterocycles. The maximum atomic E-state index is 13.7. The number of ketones is 1. The number of rotatable bonds is 13. The molecule has 0 heterocycles. The van der Waals surface area contributed by atoms with Crippen LogP contribution in [0, 0.1) is 10.8 Å². The maximum Gasteiger partial charge on any atom is 0.316 e. The highest BCUT2D eigenvalue weighted by Gasteiger charge is 2.29. The van der Waals surface area contributed by atoms with Crippen molar-refractivity contribution in [2.75, 3.05) is 13.7 Å². The van der Waals surface area contributed by atoms with E-state index in [0.29, 0.717) is 41.4 Å². The van der Waals surface area contributed by atoms with Gasteiger partial charge in [0.05, 0.1) is 30.1 Å². The summed E-state index contributed by atoms with van der Waals surface area (Å²) in [5.41, 5.74) is 1.33. The van der Waals surface area contributed by atoms with Gasteiger partial charge in [0.2, 0.25) is 5.78 Å². The summed E-state index contributed by atoms with van der Waals surface area (Å²) < 4.78 is 23.4. The Balaban J connectivity index is 2.72. The minimum absolute atomic E-state index is 0.0555. The molecule has 230 valence electrons. The molecule has 0 atom stereocenters. The lowest BCUT2D eigenvalue weighted by Crippen LogP contribution is -2.26. The van der Waals surface area contributed by atoms with E-state index in [1.54, 1.807) is 71.9 Å². The zero-order valence-corrected chi connectivity index (χ0v) is 27.1. The van der Waals surface area contributed by atoms with Gasteiger partial charge in [-0.05, 0) is 108 Å². The largest absolute Gasteiger partial charge is 0.493 e. The van der Waals surface area contributed by atoms with Gasteiger partial charge in [-0.2, -0.15) is 0 Å². The number of ether oxygens (including phenoxy) is 4. The van der Waals surface area contributed by atoms with Gasteiger partial charge in [0.15, 0.2) is 5.76 Å². The number of Topliss-reactive ketones (excluding diaryl/α,β-unsaturated/α-hetero) is 1. The minimum Gasteiger partial charge on any atom is -0.493 e. The molecule has 2 aromatic rings. The molecule has 0 saturated heterocycles. The summed E-state index contributed by atoms with van der Waals surface area (Å²) in [6.07, 6.45) is 5.57. The predicted molar refractivity (Wildman–Crippen MR) is 166 cm³/mol. The number of methoxy groups -OCH3 is 1. The number of allylic oxidation sites excluding steroid dienone is 1. The van der Waals surface area contributed by atoms with Crippen LogP contribution in [0.4, 0.5) is 0 Å². The molecule has 0 spiro atoms. The second-order valence-corrected chi connectivity index (χ2v) is 12.5. The van der Waals surface area contributed by atoms with Gasteiger partial charge in [-0.1, -0.05) is 33.6 Å². The van der Waals surface area contributed by atoms with E-state index in [9.17, 15) is 14.4 Å². The van der Waals surface area contributed by atoms with Crippen molar-refractivity contribution in [2.24, 2.45) is 10.8 Å². The molecule has 0 bridgehead atoms.